The third-order valence-corrected chi connectivity index (χ3v) is 4.74. The Kier molecular flexibility index (Phi) is 3.08. The lowest BCUT2D eigenvalue weighted by atomic mass is 10.3. The smallest absolute Gasteiger partial charge is 0.137 e. The van der Waals surface area contributed by atoms with Gasteiger partial charge in [-0.05, 0) is 48.8 Å². The molecule has 0 aliphatic heterocycles. The Morgan fingerprint density at radius 1 is 1.44 bits per heavy atom. The van der Waals surface area contributed by atoms with Gasteiger partial charge in [-0.1, -0.05) is 0 Å². The van der Waals surface area contributed by atoms with Crippen molar-refractivity contribution in [3.8, 4) is 0 Å². The molecule has 0 amide bonds. The van der Waals surface area contributed by atoms with Gasteiger partial charge in [0.1, 0.15) is 5.82 Å². The van der Waals surface area contributed by atoms with Crippen molar-refractivity contribution in [2.75, 3.05) is 5.73 Å². The molecule has 0 aliphatic rings. The predicted octanol–water partition coefficient (Wildman–Crippen LogP) is 3.52. The molecule has 3 nitrogen and oxygen atoms in total. The Hall–Kier alpha value is -0.810. The zero-order valence-corrected chi connectivity index (χ0v) is 11.9. The molecule has 5 heteroatoms. The van der Waals surface area contributed by atoms with Crippen LogP contribution in [0.5, 0.6) is 0 Å². The average molecular weight is 300 g/mol. The first-order chi connectivity index (χ1) is 7.50. The van der Waals surface area contributed by atoms with Crippen molar-refractivity contribution in [3.63, 3.8) is 0 Å². The highest BCUT2D eigenvalue weighted by Crippen LogP contribution is 2.31. The molecule has 2 aromatic rings. The van der Waals surface area contributed by atoms with Crippen molar-refractivity contribution in [1.82, 2.24) is 9.78 Å². The number of hydrogen-bond acceptors (Lipinski definition) is 3. The van der Waals surface area contributed by atoms with Crippen molar-refractivity contribution in [2.45, 2.75) is 26.8 Å². The number of thiophene rings is 1. The van der Waals surface area contributed by atoms with Gasteiger partial charge in [0.2, 0.25) is 0 Å². The molecule has 2 rings (SSSR count). The SMILES string of the molecule is Cc1ccc(C(C)n2nc(C)c(Br)c2N)s1. The van der Waals surface area contributed by atoms with E-state index in [0.29, 0.717) is 5.82 Å². The fourth-order valence-electron chi connectivity index (χ4n) is 1.64. The van der Waals surface area contributed by atoms with Gasteiger partial charge in [0.15, 0.2) is 0 Å². The highest BCUT2D eigenvalue weighted by atomic mass is 79.9. The predicted molar refractivity (Wildman–Crippen MR) is 71.9 cm³/mol. The Balaban J connectivity index is 2.41. The van der Waals surface area contributed by atoms with Gasteiger partial charge in [-0.25, -0.2) is 4.68 Å². The van der Waals surface area contributed by atoms with Gasteiger partial charge < -0.3 is 5.73 Å². The van der Waals surface area contributed by atoms with Gasteiger partial charge in [-0.2, -0.15) is 5.10 Å². The minimum Gasteiger partial charge on any atom is -0.383 e. The molecule has 1 atom stereocenters. The highest BCUT2D eigenvalue weighted by Gasteiger charge is 2.17. The summed E-state index contributed by atoms with van der Waals surface area (Å²) in [5.74, 6) is 0.691. The molecule has 2 heterocycles. The summed E-state index contributed by atoms with van der Waals surface area (Å²) in [7, 11) is 0. The number of halogens is 1. The van der Waals surface area contributed by atoms with E-state index in [1.54, 1.807) is 11.3 Å². The quantitative estimate of drug-likeness (QED) is 0.922. The first kappa shape index (κ1) is 11.7. The van der Waals surface area contributed by atoms with E-state index in [-0.39, 0.29) is 6.04 Å². The van der Waals surface area contributed by atoms with E-state index in [1.165, 1.54) is 9.75 Å². The van der Waals surface area contributed by atoms with Crippen LogP contribution in [0.1, 0.15) is 28.4 Å². The van der Waals surface area contributed by atoms with Crippen LogP contribution in [0.15, 0.2) is 16.6 Å². The number of hydrogen-bond donors (Lipinski definition) is 1. The topological polar surface area (TPSA) is 43.8 Å². The van der Waals surface area contributed by atoms with Gasteiger partial charge in [0, 0.05) is 9.75 Å². The third kappa shape index (κ3) is 1.89. The van der Waals surface area contributed by atoms with Crippen LogP contribution in [0.2, 0.25) is 0 Å². The lowest BCUT2D eigenvalue weighted by Gasteiger charge is -2.11. The summed E-state index contributed by atoms with van der Waals surface area (Å²) in [6.07, 6.45) is 0. The van der Waals surface area contributed by atoms with Gasteiger partial charge in [0.05, 0.1) is 16.2 Å². The Morgan fingerprint density at radius 3 is 2.56 bits per heavy atom. The highest BCUT2D eigenvalue weighted by molar-refractivity contribution is 9.10. The standard InChI is InChI=1S/C11H14BrN3S/c1-6-4-5-9(16-6)8(3)15-11(13)10(12)7(2)14-15/h4-5,8H,13H2,1-3H3. The number of aromatic nitrogens is 2. The fraction of sp³-hybridized carbons (Fsp3) is 0.364. The van der Waals surface area contributed by atoms with E-state index < -0.39 is 0 Å². The summed E-state index contributed by atoms with van der Waals surface area (Å²) in [6, 6.07) is 4.44. The normalized spacial score (nSPS) is 13.0. The summed E-state index contributed by atoms with van der Waals surface area (Å²) in [4.78, 5) is 2.59. The number of nitrogens with two attached hydrogens (primary N) is 1. The Bertz CT molecular complexity index is 515. The van der Waals surface area contributed by atoms with Gasteiger partial charge >= 0.3 is 0 Å². The maximum atomic E-state index is 6.01. The largest absolute Gasteiger partial charge is 0.383 e. The van der Waals surface area contributed by atoms with Crippen LogP contribution >= 0.6 is 27.3 Å². The van der Waals surface area contributed by atoms with E-state index in [2.05, 4.69) is 47.0 Å². The molecule has 0 aliphatic carbocycles. The molecule has 0 saturated carbocycles. The van der Waals surface area contributed by atoms with E-state index in [9.17, 15) is 0 Å². The van der Waals surface area contributed by atoms with Crippen molar-refractivity contribution in [1.29, 1.82) is 0 Å². The van der Waals surface area contributed by atoms with Gasteiger partial charge in [0.25, 0.3) is 0 Å². The molecule has 0 bridgehead atoms. The van der Waals surface area contributed by atoms with Gasteiger partial charge in [-0.15, -0.1) is 11.3 Å². The van der Waals surface area contributed by atoms with Gasteiger partial charge in [-0.3, -0.25) is 0 Å². The molecule has 86 valence electrons. The summed E-state index contributed by atoms with van der Waals surface area (Å²) in [5, 5.41) is 4.45. The summed E-state index contributed by atoms with van der Waals surface area (Å²) >= 11 is 5.22. The summed E-state index contributed by atoms with van der Waals surface area (Å²) in [6.45, 7) is 6.17. The second kappa shape index (κ2) is 4.22. The van der Waals surface area contributed by atoms with Crippen molar-refractivity contribution >= 4 is 33.1 Å². The third-order valence-electron chi connectivity index (χ3n) is 2.59. The molecular weight excluding hydrogens is 286 g/mol. The van der Waals surface area contributed by atoms with Crippen LogP contribution in [0.4, 0.5) is 5.82 Å². The Morgan fingerprint density at radius 2 is 2.12 bits per heavy atom. The second-order valence-electron chi connectivity index (χ2n) is 3.85. The average Bonchev–Trinajstić information content (AvgIpc) is 2.78. The Labute approximate surface area is 107 Å². The van der Waals surface area contributed by atoms with E-state index in [4.69, 9.17) is 5.73 Å². The van der Waals surface area contributed by atoms with E-state index in [1.807, 2.05) is 11.6 Å². The van der Waals surface area contributed by atoms with Crippen LogP contribution in [-0.2, 0) is 0 Å². The van der Waals surface area contributed by atoms with E-state index >= 15 is 0 Å². The first-order valence-corrected chi connectivity index (χ1v) is 6.68. The molecule has 0 fully saturated rings. The van der Waals surface area contributed by atoms with E-state index in [0.717, 1.165) is 10.2 Å². The molecule has 2 N–H and O–H groups in total. The number of anilines is 1. The number of nitrogens with zero attached hydrogens (tertiary/aromatic N) is 2. The molecule has 1 unspecified atom stereocenters. The van der Waals surface area contributed by atoms with Crippen LogP contribution < -0.4 is 5.73 Å². The van der Waals surface area contributed by atoms with Crippen LogP contribution in [0, 0.1) is 13.8 Å². The number of rotatable bonds is 2. The molecule has 0 radical (unpaired) electrons. The molecule has 2 aromatic heterocycles. The minimum atomic E-state index is 0.184. The zero-order chi connectivity index (χ0) is 11.9. The van der Waals surface area contributed by atoms with Crippen molar-refractivity contribution in [2.24, 2.45) is 0 Å². The second-order valence-corrected chi connectivity index (χ2v) is 5.97. The molecule has 0 spiro atoms. The van der Waals surface area contributed by atoms with Crippen LogP contribution in [0.25, 0.3) is 0 Å². The lowest BCUT2D eigenvalue weighted by Crippen LogP contribution is -2.10. The minimum absolute atomic E-state index is 0.184. The molecular formula is C11H14BrN3S. The summed E-state index contributed by atoms with van der Waals surface area (Å²) < 4.78 is 2.76. The first-order valence-electron chi connectivity index (χ1n) is 5.07. The van der Waals surface area contributed by atoms with Crippen molar-refractivity contribution < 1.29 is 0 Å². The number of nitrogen functional groups attached to an aromatic ring is 1. The lowest BCUT2D eigenvalue weighted by molar-refractivity contribution is 0.577. The molecule has 16 heavy (non-hydrogen) atoms. The van der Waals surface area contributed by atoms with Crippen molar-refractivity contribution in [3.05, 3.63) is 32.1 Å². The monoisotopic (exact) mass is 299 g/mol. The zero-order valence-electron chi connectivity index (χ0n) is 9.49. The van der Waals surface area contributed by atoms with Crippen LogP contribution in [-0.4, -0.2) is 9.78 Å². The fourth-order valence-corrected chi connectivity index (χ4v) is 2.81. The van der Waals surface area contributed by atoms with Crippen LogP contribution in [0.3, 0.4) is 0 Å². The summed E-state index contributed by atoms with van der Waals surface area (Å²) in [5.41, 5.74) is 6.94. The number of aryl methyl sites for hydroxylation is 2. The molecule has 0 saturated heterocycles. The maximum Gasteiger partial charge on any atom is 0.137 e. The molecule has 0 aromatic carbocycles. The maximum absolute atomic E-state index is 6.01.